The van der Waals surface area contributed by atoms with Gasteiger partial charge in [-0.25, -0.2) is 13.6 Å². The van der Waals surface area contributed by atoms with Gasteiger partial charge in [-0.15, -0.1) is 0 Å². The predicted molar refractivity (Wildman–Crippen MR) is 122 cm³/mol. The van der Waals surface area contributed by atoms with E-state index in [1.807, 2.05) is 0 Å². The largest absolute Gasteiger partial charge is 0.480 e. The first-order chi connectivity index (χ1) is 16.4. The molecule has 2 aromatic rings. The maximum atomic E-state index is 13.3. The van der Waals surface area contributed by atoms with Gasteiger partial charge >= 0.3 is 5.97 Å². The Kier molecular flexibility index (Phi) is 7.88. The smallest absolute Gasteiger partial charge is 0.326 e. The Labute approximate surface area is 197 Å². The summed E-state index contributed by atoms with van der Waals surface area (Å²) in [5.41, 5.74) is 3.68. The molecule has 6 nitrogen and oxygen atoms in total. The van der Waals surface area contributed by atoms with Crippen molar-refractivity contribution in [2.75, 3.05) is 6.61 Å². The van der Waals surface area contributed by atoms with Crippen LogP contribution in [-0.4, -0.2) is 40.7 Å². The number of halogens is 2. The van der Waals surface area contributed by atoms with Gasteiger partial charge < -0.3 is 15.2 Å². The van der Waals surface area contributed by atoms with Crippen LogP contribution in [0.4, 0.5) is 8.78 Å². The first-order valence-electron chi connectivity index (χ1n) is 12.0. The molecule has 1 saturated carbocycles. The number of carbonyl (C=O) groups excluding carboxylic acids is 1. The summed E-state index contributed by atoms with van der Waals surface area (Å²) in [5.74, 6) is -3.64. The van der Waals surface area contributed by atoms with Crippen molar-refractivity contribution < 1.29 is 28.2 Å². The minimum atomic E-state index is -1.21. The number of benzene rings is 1. The molecule has 0 aliphatic heterocycles. The van der Waals surface area contributed by atoms with Crippen LogP contribution in [0.25, 0.3) is 0 Å². The third-order valence-corrected chi connectivity index (χ3v) is 6.78. The van der Waals surface area contributed by atoms with Crippen LogP contribution in [0.2, 0.25) is 0 Å². The Hall–Kier alpha value is -2.87. The van der Waals surface area contributed by atoms with Gasteiger partial charge in [-0.3, -0.25) is 9.78 Å². The normalized spacial score (nSPS) is 20.2. The number of aliphatic carboxylic acids is 1. The van der Waals surface area contributed by atoms with E-state index in [1.165, 1.54) is 24.1 Å². The molecule has 2 aliphatic carbocycles. The van der Waals surface area contributed by atoms with Gasteiger partial charge in [0.05, 0.1) is 6.10 Å². The van der Waals surface area contributed by atoms with Gasteiger partial charge in [0.25, 0.3) is 5.91 Å². The number of nitrogens with one attached hydrogen (secondary N) is 1. The number of carboxylic acids is 1. The zero-order valence-corrected chi connectivity index (χ0v) is 19.1. The Morgan fingerprint density at radius 1 is 1.12 bits per heavy atom. The van der Waals surface area contributed by atoms with Gasteiger partial charge in [-0.1, -0.05) is 6.07 Å². The molecule has 8 heteroatoms. The molecule has 2 aliphatic rings. The van der Waals surface area contributed by atoms with E-state index in [4.69, 9.17) is 9.72 Å². The second-order valence-electron chi connectivity index (χ2n) is 9.27. The highest BCUT2D eigenvalue weighted by Crippen LogP contribution is 2.34. The molecular formula is C26H30F2N2O4. The van der Waals surface area contributed by atoms with Crippen molar-refractivity contribution in [2.24, 2.45) is 5.92 Å². The van der Waals surface area contributed by atoms with Crippen molar-refractivity contribution in [1.29, 1.82) is 0 Å². The lowest BCUT2D eigenvalue weighted by Crippen LogP contribution is -2.42. The summed E-state index contributed by atoms with van der Waals surface area (Å²) < 4.78 is 32.2. The molecule has 2 N–H and O–H groups in total. The Morgan fingerprint density at radius 3 is 2.68 bits per heavy atom. The van der Waals surface area contributed by atoms with Crippen LogP contribution in [0, 0.1) is 17.6 Å². The number of aromatic nitrogens is 1. The topological polar surface area (TPSA) is 88.5 Å². The van der Waals surface area contributed by atoms with E-state index < -0.39 is 29.6 Å². The van der Waals surface area contributed by atoms with Gasteiger partial charge in [0.2, 0.25) is 0 Å². The highest BCUT2D eigenvalue weighted by Gasteiger charge is 2.30. The average Bonchev–Trinajstić information content (AvgIpc) is 2.80. The SMILES string of the molecule is O=C(NC(CCOC1CC(CCc2ccc3c(n2)CCCC3)C1)C(=O)O)c1ccc(F)c(F)c1. The quantitative estimate of drug-likeness (QED) is 0.540. The molecule has 1 amide bonds. The molecule has 0 saturated heterocycles. The first-order valence-corrected chi connectivity index (χ1v) is 12.0. The molecule has 1 fully saturated rings. The predicted octanol–water partition coefficient (Wildman–Crippen LogP) is 4.24. The van der Waals surface area contributed by atoms with Crippen LogP contribution in [0.1, 0.15) is 65.8 Å². The van der Waals surface area contributed by atoms with E-state index in [1.54, 1.807) is 0 Å². The van der Waals surface area contributed by atoms with Crippen LogP contribution in [0.5, 0.6) is 0 Å². The summed E-state index contributed by atoms with van der Waals surface area (Å²) in [6, 6.07) is 5.89. The summed E-state index contributed by atoms with van der Waals surface area (Å²) in [7, 11) is 0. The minimum Gasteiger partial charge on any atom is -0.480 e. The van der Waals surface area contributed by atoms with E-state index in [0.717, 1.165) is 62.4 Å². The molecule has 1 atom stereocenters. The average molecular weight is 473 g/mol. The number of nitrogens with zero attached hydrogens (tertiary/aromatic N) is 1. The summed E-state index contributed by atoms with van der Waals surface area (Å²) >= 11 is 0. The maximum Gasteiger partial charge on any atom is 0.326 e. The van der Waals surface area contributed by atoms with E-state index in [2.05, 4.69) is 17.4 Å². The van der Waals surface area contributed by atoms with Gasteiger partial charge in [0, 0.05) is 30.0 Å². The fourth-order valence-corrected chi connectivity index (χ4v) is 4.65. The van der Waals surface area contributed by atoms with Crippen molar-refractivity contribution >= 4 is 11.9 Å². The fraction of sp³-hybridized carbons (Fsp3) is 0.500. The number of carbonyl (C=O) groups is 2. The molecule has 182 valence electrons. The number of ether oxygens (including phenoxy) is 1. The summed E-state index contributed by atoms with van der Waals surface area (Å²) in [4.78, 5) is 28.5. The number of hydrogen-bond acceptors (Lipinski definition) is 4. The van der Waals surface area contributed by atoms with Crippen LogP contribution < -0.4 is 5.32 Å². The van der Waals surface area contributed by atoms with Gasteiger partial charge in [0.15, 0.2) is 11.6 Å². The standard InChI is InChI=1S/C26H30F2N2O4/c27-21-10-7-18(15-22(21)28)25(31)30-24(26(32)33)11-12-34-20-13-16(14-20)5-8-19-9-6-17-3-1-2-4-23(17)29-19/h6-7,9-10,15-16,20,24H,1-5,8,11-14H2,(H,30,31)(H,32,33). The maximum absolute atomic E-state index is 13.3. The molecule has 0 spiro atoms. The Balaban J connectivity index is 1.15. The van der Waals surface area contributed by atoms with Gasteiger partial charge in [-0.2, -0.15) is 0 Å². The van der Waals surface area contributed by atoms with Crippen molar-refractivity contribution in [3.05, 3.63) is 64.5 Å². The highest BCUT2D eigenvalue weighted by atomic mass is 19.2. The number of carboxylic acid groups (broad SMARTS) is 1. The molecular weight excluding hydrogens is 442 g/mol. The number of aryl methyl sites for hydroxylation is 3. The summed E-state index contributed by atoms with van der Waals surface area (Å²) in [6.07, 6.45) is 8.78. The molecule has 1 unspecified atom stereocenters. The molecule has 1 aromatic heterocycles. The van der Waals surface area contributed by atoms with Gasteiger partial charge in [0.1, 0.15) is 6.04 Å². The van der Waals surface area contributed by atoms with E-state index in [-0.39, 0.29) is 24.7 Å². The van der Waals surface area contributed by atoms with Crippen molar-refractivity contribution in [1.82, 2.24) is 10.3 Å². The number of hydrogen-bond donors (Lipinski definition) is 2. The summed E-state index contributed by atoms with van der Waals surface area (Å²) in [5, 5.41) is 11.7. The lowest BCUT2D eigenvalue weighted by Gasteiger charge is -2.35. The molecule has 4 rings (SSSR count). The van der Waals surface area contributed by atoms with Crippen LogP contribution in [0.15, 0.2) is 30.3 Å². The van der Waals surface area contributed by atoms with Crippen molar-refractivity contribution in [2.45, 2.75) is 69.9 Å². The minimum absolute atomic E-state index is 0.0883. The Morgan fingerprint density at radius 2 is 1.91 bits per heavy atom. The zero-order valence-electron chi connectivity index (χ0n) is 19.1. The first kappa shape index (κ1) is 24.3. The molecule has 0 bridgehead atoms. The molecule has 0 radical (unpaired) electrons. The second-order valence-corrected chi connectivity index (χ2v) is 9.27. The third-order valence-electron chi connectivity index (χ3n) is 6.78. The van der Waals surface area contributed by atoms with Gasteiger partial charge in [-0.05, 0) is 87.1 Å². The second kappa shape index (κ2) is 11.0. The van der Waals surface area contributed by atoms with E-state index in [9.17, 15) is 23.5 Å². The van der Waals surface area contributed by atoms with E-state index in [0.29, 0.717) is 5.92 Å². The third kappa shape index (κ3) is 6.17. The van der Waals surface area contributed by atoms with Crippen molar-refractivity contribution in [3.8, 4) is 0 Å². The monoisotopic (exact) mass is 472 g/mol. The zero-order chi connectivity index (χ0) is 24.1. The van der Waals surface area contributed by atoms with Crippen LogP contribution in [0.3, 0.4) is 0 Å². The highest BCUT2D eigenvalue weighted by molar-refractivity contribution is 5.96. The number of fused-ring (bicyclic) bond motifs is 1. The number of rotatable bonds is 10. The molecule has 1 aromatic carbocycles. The Bertz CT molecular complexity index is 1040. The lowest BCUT2D eigenvalue weighted by atomic mass is 9.79. The van der Waals surface area contributed by atoms with Crippen molar-refractivity contribution in [3.63, 3.8) is 0 Å². The van der Waals surface area contributed by atoms with E-state index >= 15 is 0 Å². The number of pyridine rings is 1. The fourth-order valence-electron chi connectivity index (χ4n) is 4.65. The molecule has 1 heterocycles. The summed E-state index contributed by atoms with van der Waals surface area (Å²) in [6.45, 7) is 0.193. The lowest BCUT2D eigenvalue weighted by molar-refractivity contribution is -0.140. The number of amides is 1. The van der Waals surface area contributed by atoms with Crippen LogP contribution in [-0.2, 0) is 28.8 Å². The van der Waals surface area contributed by atoms with Crippen LogP contribution >= 0.6 is 0 Å². The molecule has 34 heavy (non-hydrogen) atoms.